The molecule has 3 rings (SSSR count). The first-order valence-electron chi connectivity index (χ1n) is 8.22. The average Bonchev–Trinajstić information content (AvgIpc) is 2.53. The first-order chi connectivity index (χ1) is 10.2. The van der Waals surface area contributed by atoms with E-state index in [1.54, 1.807) is 0 Å². The molecule has 2 aliphatic rings. The van der Waals surface area contributed by atoms with Crippen LogP contribution in [0, 0.1) is 11.3 Å². The number of benzene rings is 1. The molecule has 0 radical (unpaired) electrons. The second-order valence-electron chi connectivity index (χ2n) is 6.79. The Kier molecular flexibility index (Phi) is 4.28. The standard InChI is InChI=1S/C18H25N3/c19-13-15-4-5-17-14-21(10-6-16(17)12-15)11-9-18(20)7-2-1-3-8-18/h4-5,12H,1-3,6-11,14,20H2. The summed E-state index contributed by atoms with van der Waals surface area (Å²) in [4.78, 5) is 2.53. The van der Waals surface area contributed by atoms with Crippen LogP contribution in [-0.2, 0) is 13.0 Å². The lowest BCUT2D eigenvalue weighted by Gasteiger charge is -2.36. The van der Waals surface area contributed by atoms with Crippen LogP contribution in [0.3, 0.4) is 0 Å². The summed E-state index contributed by atoms with van der Waals surface area (Å²) >= 11 is 0. The molecule has 0 saturated heterocycles. The van der Waals surface area contributed by atoms with Crippen molar-refractivity contribution in [3.63, 3.8) is 0 Å². The number of rotatable bonds is 3. The number of hydrogen-bond donors (Lipinski definition) is 1. The van der Waals surface area contributed by atoms with Gasteiger partial charge in [0.25, 0.3) is 0 Å². The van der Waals surface area contributed by atoms with Crippen molar-refractivity contribution in [3.8, 4) is 6.07 Å². The molecule has 1 saturated carbocycles. The predicted molar refractivity (Wildman–Crippen MR) is 84.8 cm³/mol. The van der Waals surface area contributed by atoms with Gasteiger partial charge in [-0.05, 0) is 48.9 Å². The smallest absolute Gasteiger partial charge is 0.0991 e. The minimum absolute atomic E-state index is 0.0865. The van der Waals surface area contributed by atoms with E-state index in [0.717, 1.165) is 38.0 Å². The molecule has 112 valence electrons. The van der Waals surface area contributed by atoms with Crippen LogP contribution in [0.2, 0.25) is 0 Å². The molecule has 0 bridgehead atoms. The Balaban J connectivity index is 1.58. The van der Waals surface area contributed by atoms with E-state index in [0.29, 0.717) is 0 Å². The molecule has 1 aliphatic carbocycles. The first-order valence-corrected chi connectivity index (χ1v) is 8.22. The van der Waals surface area contributed by atoms with Crippen LogP contribution in [-0.4, -0.2) is 23.5 Å². The van der Waals surface area contributed by atoms with E-state index >= 15 is 0 Å². The van der Waals surface area contributed by atoms with E-state index in [1.165, 1.54) is 43.2 Å². The van der Waals surface area contributed by atoms with Gasteiger partial charge >= 0.3 is 0 Å². The summed E-state index contributed by atoms with van der Waals surface area (Å²) in [6.07, 6.45) is 8.54. The molecule has 0 atom stereocenters. The minimum Gasteiger partial charge on any atom is -0.325 e. The highest BCUT2D eigenvalue weighted by Gasteiger charge is 2.28. The molecule has 1 heterocycles. The van der Waals surface area contributed by atoms with Crippen molar-refractivity contribution in [2.24, 2.45) is 5.73 Å². The van der Waals surface area contributed by atoms with Crippen molar-refractivity contribution in [2.75, 3.05) is 13.1 Å². The highest BCUT2D eigenvalue weighted by Crippen LogP contribution is 2.29. The van der Waals surface area contributed by atoms with E-state index in [1.807, 2.05) is 6.07 Å². The van der Waals surface area contributed by atoms with Gasteiger partial charge in [-0.1, -0.05) is 25.3 Å². The Morgan fingerprint density at radius 1 is 1.19 bits per heavy atom. The van der Waals surface area contributed by atoms with Crippen molar-refractivity contribution in [1.29, 1.82) is 5.26 Å². The van der Waals surface area contributed by atoms with Crippen LogP contribution in [0.4, 0.5) is 0 Å². The Morgan fingerprint density at radius 3 is 2.76 bits per heavy atom. The fourth-order valence-electron chi connectivity index (χ4n) is 3.76. The van der Waals surface area contributed by atoms with Gasteiger partial charge in [0.15, 0.2) is 0 Å². The van der Waals surface area contributed by atoms with Crippen molar-refractivity contribution in [1.82, 2.24) is 4.90 Å². The molecule has 1 aliphatic heterocycles. The zero-order valence-corrected chi connectivity index (χ0v) is 12.8. The Hall–Kier alpha value is -1.37. The highest BCUT2D eigenvalue weighted by molar-refractivity contribution is 5.39. The lowest BCUT2D eigenvalue weighted by atomic mass is 9.80. The highest BCUT2D eigenvalue weighted by atomic mass is 15.1. The Labute approximate surface area is 127 Å². The zero-order valence-electron chi connectivity index (χ0n) is 12.8. The fraction of sp³-hybridized carbons (Fsp3) is 0.611. The lowest BCUT2D eigenvalue weighted by molar-refractivity contribution is 0.197. The van der Waals surface area contributed by atoms with Gasteiger partial charge in [-0.15, -0.1) is 0 Å². The van der Waals surface area contributed by atoms with Crippen molar-refractivity contribution in [2.45, 2.75) is 57.0 Å². The molecule has 1 aromatic rings. The van der Waals surface area contributed by atoms with E-state index in [4.69, 9.17) is 11.0 Å². The summed E-state index contributed by atoms with van der Waals surface area (Å²) in [5.41, 5.74) is 10.2. The second-order valence-corrected chi connectivity index (χ2v) is 6.79. The second kappa shape index (κ2) is 6.17. The van der Waals surface area contributed by atoms with Crippen molar-refractivity contribution < 1.29 is 0 Å². The van der Waals surface area contributed by atoms with E-state index < -0.39 is 0 Å². The van der Waals surface area contributed by atoms with Crippen molar-refractivity contribution in [3.05, 3.63) is 34.9 Å². The van der Waals surface area contributed by atoms with Gasteiger partial charge in [0, 0.05) is 25.2 Å². The van der Waals surface area contributed by atoms with E-state index in [2.05, 4.69) is 23.1 Å². The molecule has 0 spiro atoms. The molecule has 21 heavy (non-hydrogen) atoms. The predicted octanol–water partition coefficient (Wildman–Crippen LogP) is 2.97. The summed E-state index contributed by atoms with van der Waals surface area (Å²) in [7, 11) is 0. The van der Waals surface area contributed by atoms with Crippen molar-refractivity contribution >= 4 is 0 Å². The van der Waals surface area contributed by atoms with E-state index in [-0.39, 0.29) is 5.54 Å². The van der Waals surface area contributed by atoms with Gasteiger partial charge in [0.2, 0.25) is 0 Å². The molecule has 0 unspecified atom stereocenters. The van der Waals surface area contributed by atoms with Gasteiger partial charge in [-0.25, -0.2) is 0 Å². The third-order valence-corrected chi connectivity index (χ3v) is 5.20. The van der Waals surface area contributed by atoms with Gasteiger partial charge in [0.1, 0.15) is 0 Å². The topological polar surface area (TPSA) is 53.0 Å². The molecule has 2 N–H and O–H groups in total. The normalized spacial score (nSPS) is 21.5. The lowest BCUT2D eigenvalue weighted by Crippen LogP contribution is -2.45. The maximum atomic E-state index is 8.97. The van der Waals surface area contributed by atoms with Gasteiger partial charge in [-0.2, -0.15) is 5.26 Å². The third-order valence-electron chi connectivity index (χ3n) is 5.20. The number of nitrogens with two attached hydrogens (primary N) is 1. The van der Waals surface area contributed by atoms with E-state index in [9.17, 15) is 0 Å². The van der Waals surface area contributed by atoms with Crippen LogP contribution < -0.4 is 5.73 Å². The number of hydrogen-bond acceptors (Lipinski definition) is 3. The molecule has 1 fully saturated rings. The van der Waals surface area contributed by atoms with Gasteiger partial charge < -0.3 is 5.73 Å². The SMILES string of the molecule is N#Cc1ccc2c(c1)CCN(CCC1(N)CCCCC1)C2. The summed E-state index contributed by atoms with van der Waals surface area (Å²) in [6, 6.07) is 8.35. The minimum atomic E-state index is 0.0865. The molecule has 0 aromatic heterocycles. The monoisotopic (exact) mass is 283 g/mol. The largest absolute Gasteiger partial charge is 0.325 e. The number of nitrogens with zero attached hydrogens (tertiary/aromatic N) is 2. The third kappa shape index (κ3) is 3.45. The molecule has 3 nitrogen and oxygen atoms in total. The summed E-state index contributed by atoms with van der Waals surface area (Å²) in [5, 5.41) is 8.97. The Bertz CT molecular complexity index is 538. The fourth-order valence-corrected chi connectivity index (χ4v) is 3.76. The summed E-state index contributed by atoms with van der Waals surface area (Å²) < 4.78 is 0. The molecule has 1 aromatic carbocycles. The van der Waals surface area contributed by atoms with Crippen LogP contribution in [0.5, 0.6) is 0 Å². The maximum absolute atomic E-state index is 8.97. The zero-order chi connectivity index (χ0) is 14.7. The van der Waals surface area contributed by atoms with Crippen LogP contribution >= 0.6 is 0 Å². The number of nitriles is 1. The van der Waals surface area contributed by atoms with Gasteiger partial charge in [0.05, 0.1) is 11.6 Å². The summed E-state index contributed by atoms with van der Waals surface area (Å²) in [5.74, 6) is 0. The molecule has 3 heteroatoms. The molecular formula is C18H25N3. The number of fused-ring (bicyclic) bond motifs is 1. The van der Waals surface area contributed by atoms with Crippen LogP contribution in [0.25, 0.3) is 0 Å². The summed E-state index contributed by atoms with van der Waals surface area (Å²) in [6.45, 7) is 3.21. The Morgan fingerprint density at radius 2 is 2.00 bits per heavy atom. The maximum Gasteiger partial charge on any atom is 0.0991 e. The van der Waals surface area contributed by atoms with Crippen LogP contribution in [0.15, 0.2) is 18.2 Å². The van der Waals surface area contributed by atoms with Gasteiger partial charge in [-0.3, -0.25) is 4.90 Å². The first kappa shape index (κ1) is 14.6. The molecule has 0 amide bonds. The average molecular weight is 283 g/mol. The molecular weight excluding hydrogens is 258 g/mol. The quantitative estimate of drug-likeness (QED) is 0.928. The van der Waals surface area contributed by atoms with Crippen LogP contribution in [0.1, 0.15) is 55.2 Å².